The highest BCUT2D eigenvalue weighted by Gasteiger charge is 2.17. The molecule has 0 bridgehead atoms. The fourth-order valence-electron chi connectivity index (χ4n) is 5.27. The van der Waals surface area contributed by atoms with E-state index in [1.54, 1.807) is 0 Å². The number of carbonyl (C=O) groups is 2. The van der Waals surface area contributed by atoms with Gasteiger partial charge in [-0.3, -0.25) is 9.59 Å². The van der Waals surface area contributed by atoms with Crippen molar-refractivity contribution in [2.24, 2.45) is 10.7 Å². The van der Waals surface area contributed by atoms with E-state index in [-0.39, 0.29) is 11.8 Å². The molecule has 0 aliphatic carbocycles. The van der Waals surface area contributed by atoms with E-state index in [0.29, 0.717) is 95.8 Å². The number of allylic oxidation sites excluding steroid dienone is 4. The number of ether oxygens (including phenoxy) is 4. The van der Waals surface area contributed by atoms with E-state index in [9.17, 15) is 9.59 Å². The van der Waals surface area contributed by atoms with Crippen molar-refractivity contribution >= 4 is 17.6 Å². The number of amides is 2. The number of benzene rings is 1. The molecule has 1 aromatic rings. The molecule has 0 aromatic heterocycles. The fourth-order valence-corrected chi connectivity index (χ4v) is 5.27. The first kappa shape index (κ1) is 45.3. The smallest absolute Gasteiger partial charge is 0.278 e. The lowest BCUT2D eigenvalue weighted by atomic mass is 9.92. The number of terminal acetylenes is 1. The van der Waals surface area contributed by atoms with Crippen LogP contribution < -0.4 is 16.4 Å². The molecule has 0 saturated heterocycles. The predicted octanol–water partition coefficient (Wildman–Crippen LogP) is 6.46. The molecular weight excluding hydrogens is 644 g/mol. The molecular formula is C41H64N4O6. The highest BCUT2D eigenvalue weighted by molar-refractivity contribution is 6.05. The number of aliphatic imine (C=N–C) groups is 1. The third-order valence-electron chi connectivity index (χ3n) is 7.84. The zero-order chi connectivity index (χ0) is 37.5. The topological polar surface area (TPSA) is 134 Å². The van der Waals surface area contributed by atoms with Gasteiger partial charge in [0.25, 0.3) is 11.8 Å². The molecule has 0 saturated carbocycles. The van der Waals surface area contributed by atoms with Crippen molar-refractivity contribution in [1.82, 2.24) is 10.6 Å². The Morgan fingerprint density at radius 3 is 2.06 bits per heavy atom. The van der Waals surface area contributed by atoms with Crippen LogP contribution in [0.25, 0.3) is 0 Å². The summed E-state index contributed by atoms with van der Waals surface area (Å²) < 4.78 is 21.7. The van der Waals surface area contributed by atoms with Gasteiger partial charge in [0, 0.05) is 36.3 Å². The number of nitrogens with one attached hydrogen (secondary N) is 2. The Labute approximate surface area is 307 Å². The van der Waals surface area contributed by atoms with Gasteiger partial charge < -0.3 is 35.3 Å². The molecule has 1 rings (SSSR count). The molecule has 0 heterocycles. The number of hydrogen-bond acceptors (Lipinski definition) is 7. The SMILES string of the molecule is C#CCOCCOCCOCCOCCN/C(=C\CC)CCCNC(=O)c1ccc(CCC(=C/C)/C(C(=O)N=C(N)CCC)=C(/C)CCC)cc1. The third-order valence-corrected chi connectivity index (χ3v) is 7.84. The number of nitrogens with two attached hydrogens (primary N) is 1. The molecule has 0 fully saturated rings. The molecule has 2 amide bonds. The predicted molar refractivity (Wildman–Crippen MR) is 208 cm³/mol. The summed E-state index contributed by atoms with van der Waals surface area (Å²) in [5.74, 6) is 2.44. The summed E-state index contributed by atoms with van der Waals surface area (Å²) in [5, 5.41) is 6.49. The van der Waals surface area contributed by atoms with Gasteiger partial charge >= 0.3 is 0 Å². The van der Waals surface area contributed by atoms with Gasteiger partial charge in [0.2, 0.25) is 0 Å². The molecule has 0 radical (unpaired) electrons. The number of aryl methyl sites for hydroxylation is 1. The lowest BCUT2D eigenvalue weighted by molar-refractivity contribution is -0.114. The monoisotopic (exact) mass is 708 g/mol. The first-order valence-electron chi connectivity index (χ1n) is 18.6. The Kier molecular flexibility index (Phi) is 26.6. The first-order chi connectivity index (χ1) is 24.8. The zero-order valence-electron chi connectivity index (χ0n) is 32.0. The minimum atomic E-state index is -0.259. The Bertz CT molecular complexity index is 1290. The molecule has 10 nitrogen and oxygen atoms in total. The summed E-state index contributed by atoms with van der Waals surface area (Å²) in [5.41, 5.74) is 11.6. The maximum atomic E-state index is 13.2. The Morgan fingerprint density at radius 1 is 0.843 bits per heavy atom. The van der Waals surface area contributed by atoms with Crippen LogP contribution >= 0.6 is 0 Å². The maximum absolute atomic E-state index is 13.2. The lowest BCUT2D eigenvalue weighted by Crippen LogP contribution is -2.25. The third kappa shape index (κ3) is 21.3. The molecule has 1 aromatic carbocycles. The summed E-state index contributed by atoms with van der Waals surface area (Å²) in [6.07, 6.45) is 16.5. The van der Waals surface area contributed by atoms with E-state index in [1.165, 1.54) is 0 Å². The van der Waals surface area contributed by atoms with Crippen LogP contribution in [0.3, 0.4) is 0 Å². The second-order valence-corrected chi connectivity index (χ2v) is 12.1. The van der Waals surface area contributed by atoms with Crippen LogP contribution in [0.2, 0.25) is 0 Å². The minimum absolute atomic E-state index is 0.0885. The molecule has 10 heteroatoms. The average molecular weight is 709 g/mol. The van der Waals surface area contributed by atoms with Crippen molar-refractivity contribution in [3.63, 3.8) is 0 Å². The highest BCUT2D eigenvalue weighted by Crippen LogP contribution is 2.25. The molecule has 51 heavy (non-hydrogen) atoms. The maximum Gasteiger partial charge on any atom is 0.278 e. The van der Waals surface area contributed by atoms with Gasteiger partial charge in [0.1, 0.15) is 12.4 Å². The van der Waals surface area contributed by atoms with Crippen molar-refractivity contribution in [2.75, 3.05) is 65.9 Å². The van der Waals surface area contributed by atoms with Crippen LogP contribution in [0.5, 0.6) is 0 Å². The highest BCUT2D eigenvalue weighted by atomic mass is 16.6. The number of hydrogen-bond donors (Lipinski definition) is 3. The van der Waals surface area contributed by atoms with Crippen LogP contribution in [0.15, 0.2) is 63.8 Å². The van der Waals surface area contributed by atoms with Crippen LogP contribution in [-0.4, -0.2) is 83.6 Å². The van der Waals surface area contributed by atoms with Crippen LogP contribution in [0.4, 0.5) is 0 Å². The van der Waals surface area contributed by atoms with Crippen LogP contribution in [0.1, 0.15) is 102 Å². The van der Waals surface area contributed by atoms with Gasteiger partial charge in [0.15, 0.2) is 0 Å². The van der Waals surface area contributed by atoms with Crippen LogP contribution in [-0.2, 0) is 30.2 Å². The van der Waals surface area contributed by atoms with E-state index in [2.05, 4.69) is 41.5 Å². The van der Waals surface area contributed by atoms with E-state index < -0.39 is 0 Å². The average Bonchev–Trinajstić information content (AvgIpc) is 3.12. The van der Waals surface area contributed by atoms with E-state index >= 15 is 0 Å². The standard InChI is InChI=1S/C41H64N4O6/c1-7-13-33(6)39(41(47)45-38(42)15-9-3)35(11-5)20-17-34-18-21-36(22-19-34)40(46)44-23-12-16-37(14-8-2)43-24-26-49-28-30-51-32-31-50-29-27-48-25-10-4/h4,11,14,18-19,21-22,43H,7-9,12-13,15-17,20,23-32H2,1-3,5-6H3,(H,44,46)(H2,42,45,47)/b35-11-,37-14-,39-33+. The largest absolute Gasteiger partial charge is 0.387 e. The molecule has 0 aliphatic rings. The summed E-state index contributed by atoms with van der Waals surface area (Å²) in [4.78, 5) is 30.2. The number of carbonyl (C=O) groups excluding carboxylic acids is 2. The number of amidine groups is 1. The molecule has 0 atom stereocenters. The zero-order valence-corrected chi connectivity index (χ0v) is 32.0. The summed E-state index contributed by atoms with van der Waals surface area (Å²) in [6.45, 7) is 15.4. The first-order valence-corrected chi connectivity index (χ1v) is 18.6. The molecule has 0 aliphatic heterocycles. The van der Waals surface area contributed by atoms with Crippen LogP contribution in [0, 0.1) is 12.3 Å². The van der Waals surface area contributed by atoms with Gasteiger partial charge in [-0.1, -0.05) is 63.0 Å². The van der Waals surface area contributed by atoms with Crippen molar-refractivity contribution in [1.29, 1.82) is 0 Å². The van der Waals surface area contributed by atoms with Gasteiger partial charge in [-0.25, -0.2) is 0 Å². The molecule has 284 valence electrons. The number of rotatable bonds is 29. The Morgan fingerprint density at radius 2 is 1.47 bits per heavy atom. The van der Waals surface area contributed by atoms with Crippen molar-refractivity contribution in [2.45, 2.75) is 92.4 Å². The summed E-state index contributed by atoms with van der Waals surface area (Å²) >= 11 is 0. The van der Waals surface area contributed by atoms with Crippen molar-refractivity contribution < 1.29 is 28.5 Å². The Hall–Kier alpha value is -3.75. The second-order valence-electron chi connectivity index (χ2n) is 12.1. The minimum Gasteiger partial charge on any atom is -0.387 e. The quantitative estimate of drug-likeness (QED) is 0.0216. The Balaban J connectivity index is 2.43. The molecule has 0 spiro atoms. The normalized spacial score (nSPS) is 12.7. The van der Waals surface area contributed by atoms with Gasteiger partial charge in [-0.15, -0.1) is 6.42 Å². The van der Waals surface area contributed by atoms with Gasteiger partial charge in [-0.05, 0) is 82.1 Å². The molecule has 4 N–H and O–H groups in total. The second kappa shape index (κ2) is 29.9. The number of nitrogens with zero attached hydrogens (tertiary/aromatic N) is 1. The summed E-state index contributed by atoms with van der Waals surface area (Å²) in [6, 6.07) is 7.70. The fraction of sp³-hybridized carbons (Fsp3) is 0.585. The van der Waals surface area contributed by atoms with Crippen molar-refractivity contribution in [3.8, 4) is 12.3 Å². The van der Waals surface area contributed by atoms with Crippen molar-refractivity contribution in [3.05, 3.63) is 70.0 Å². The van der Waals surface area contributed by atoms with E-state index in [4.69, 9.17) is 31.1 Å². The molecule has 0 unspecified atom stereocenters. The van der Waals surface area contributed by atoms with Gasteiger partial charge in [-0.2, -0.15) is 4.99 Å². The van der Waals surface area contributed by atoms with E-state index in [0.717, 1.165) is 67.4 Å². The lowest BCUT2D eigenvalue weighted by Gasteiger charge is -2.14. The summed E-state index contributed by atoms with van der Waals surface area (Å²) in [7, 11) is 0. The van der Waals surface area contributed by atoms with Gasteiger partial charge in [0.05, 0.1) is 46.2 Å². The van der Waals surface area contributed by atoms with E-state index in [1.807, 2.05) is 51.1 Å².